The molecule has 1 N–H and O–H groups in total. The van der Waals surface area contributed by atoms with E-state index < -0.39 is 9.05 Å². The molecule has 2 rings (SSSR count). The molecule has 1 heterocycles. The number of aromatic amines is 1. The van der Waals surface area contributed by atoms with Gasteiger partial charge in [0.1, 0.15) is 0 Å². The van der Waals surface area contributed by atoms with Crippen LogP contribution in [0.2, 0.25) is 0 Å². The summed E-state index contributed by atoms with van der Waals surface area (Å²) >= 11 is 0. The van der Waals surface area contributed by atoms with Crippen molar-refractivity contribution in [3.8, 4) is 0 Å². The summed E-state index contributed by atoms with van der Waals surface area (Å²) in [5.74, 6) is 0. The van der Waals surface area contributed by atoms with Crippen LogP contribution in [-0.2, 0) is 15.5 Å². The van der Waals surface area contributed by atoms with Gasteiger partial charge in [-0.1, -0.05) is 6.92 Å². The number of nitrogens with one attached hydrogen (secondary N) is 1. The number of rotatable bonds is 2. The lowest BCUT2D eigenvalue weighted by atomic mass is 10.1. The summed E-state index contributed by atoms with van der Waals surface area (Å²) in [4.78, 5) is 3.24. The molecular formula is C10H10ClNO2S. The summed E-state index contributed by atoms with van der Waals surface area (Å²) in [5, 5.41) is 0.853. The molecule has 2 aromatic rings. The van der Waals surface area contributed by atoms with Gasteiger partial charge in [-0.15, -0.1) is 0 Å². The van der Waals surface area contributed by atoms with E-state index in [2.05, 4.69) is 4.98 Å². The molecule has 3 nitrogen and oxygen atoms in total. The highest BCUT2D eigenvalue weighted by atomic mass is 35.7. The average molecular weight is 244 g/mol. The predicted octanol–water partition coefficient (Wildman–Crippen LogP) is 2.66. The molecule has 0 aliphatic rings. The molecule has 0 aliphatic heterocycles. The second kappa shape index (κ2) is 3.54. The van der Waals surface area contributed by atoms with Crippen LogP contribution in [0, 0.1) is 0 Å². The van der Waals surface area contributed by atoms with Gasteiger partial charge in [0.15, 0.2) is 0 Å². The van der Waals surface area contributed by atoms with Gasteiger partial charge in [0, 0.05) is 27.8 Å². The smallest absolute Gasteiger partial charge is 0.261 e. The SMILES string of the molecule is CCc1cc2[nH]ccc2cc1S(=O)(=O)Cl. The Balaban J connectivity index is 2.81. The minimum atomic E-state index is -3.66. The van der Waals surface area contributed by atoms with Gasteiger partial charge in [0.2, 0.25) is 0 Å². The zero-order valence-electron chi connectivity index (χ0n) is 8.12. The Bertz CT molecular complexity index is 601. The third kappa shape index (κ3) is 1.87. The highest BCUT2D eigenvalue weighted by molar-refractivity contribution is 8.13. The fourth-order valence-corrected chi connectivity index (χ4v) is 2.84. The molecule has 1 aromatic heterocycles. The van der Waals surface area contributed by atoms with Gasteiger partial charge >= 0.3 is 0 Å². The molecule has 15 heavy (non-hydrogen) atoms. The van der Waals surface area contributed by atoms with Crippen molar-refractivity contribution in [3.05, 3.63) is 30.0 Å². The number of hydrogen-bond donors (Lipinski definition) is 1. The van der Waals surface area contributed by atoms with Crippen LogP contribution < -0.4 is 0 Å². The molecule has 1 aromatic carbocycles. The Hall–Kier alpha value is -1.00. The second-order valence-corrected chi connectivity index (χ2v) is 5.85. The van der Waals surface area contributed by atoms with Crippen LogP contribution in [0.15, 0.2) is 29.3 Å². The minimum absolute atomic E-state index is 0.207. The maximum absolute atomic E-state index is 11.3. The Labute approximate surface area is 92.5 Å². The van der Waals surface area contributed by atoms with Gasteiger partial charge in [-0.2, -0.15) is 0 Å². The number of H-pyrrole nitrogens is 1. The number of benzene rings is 1. The molecule has 0 spiro atoms. The fraction of sp³-hybridized carbons (Fsp3) is 0.200. The van der Waals surface area contributed by atoms with E-state index in [1.807, 2.05) is 19.1 Å². The van der Waals surface area contributed by atoms with Gasteiger partial charge < -0.3 is 4.98 Å². The van der Waals surface area contributed by atoms with Gasteiger partial charge in [-0.05, 0) is 30.2 Å². The van der Waals surface area contributed by atoms with Crippen LogP contribution >= 0.6 is 10.7 Å². The van der Waals surface area contributed by atoms with Crippen molar-refractivity contribution in [2.45, 2.75) is 18.2 Å². The molecule has 0 fully saturated rings. The van der Waals surface area contributed by atoms with E-state index in [-0.39, 0.29) is 4.90 Å². The number of hydrogen-bond acceptors (Lipinski definition) is 2. The molecule has 0 atom stereocenters. The first-order valence-corrected chi connectivity index (χ1v) is 6.88. The molecule has 0 unspecified atom stereocenters. The van der Waals surface area contributed by atoms with Crippen LogP contribution in [0.4, 0.5) is 0 Å². The predicted molar refractivity (Wildman–Crippen MR) is 60.7 cm³/mol. The molecular weight excluding hydrogens is 234 g/mol. The summed E-state index contributed by atoms with van der Waals surface area (Å²) in [5.41, 5.74) is 1.66. The summed E-state index contributed by atoms with van der Waals surface area (Å²) in [7, 11) is 1.72. The lowest BCUT2D eigenvalue weighted by Gasteiger charge is -2.04. The Morgan fingerprint density at radius 1 is 1.40 bits per heavy atom. The van der Waals surface area contributed by atoms with Gasteiger partial charge in [0.25, 0.3) is 9.05 Å². The van der Waals surface area contributed by atoms with E-state index in [4.69, 9.17) is 10.7 Å². The van der Waals surface area contributed by atoms with E-state index in [1.54, 1.807) is 12.3 Å². The van der Waals surface area contributed by atoms with Crippen LogP contribution in [0.1, 0.15) is 12.5 Å². The summed E-state index contributed by atoms with van der Waals surface area (Å²) in [6.07, 6.45) is 2.41. The standard InChI is InChI=1S/C10H10ClNO2S/c1-2-7-5-9-8(3-4-12-9)6-10(7)15(11,13)14/h3-6,12H,2H2,1H3. The van der Waals surface area contributed by atoms with Gasteiger partial charge in [-0.25, -0.2) is 8.42 Å². The monoisotopic (exact) mass is 243 g/mol. The number of halogens is 1. The molecule has 80 valence electrons. The largest absolute Gasteiger partial charge is 0.361 e. The number of aromatic nitrogens is 1. The zero-order valence-corrected chi connectivity index (χ0v) is 9.69. The van der Waals surface area contributed by atoms with Crippen molar-refractivity contribution in [2.24, 2.45) is 0 Å². The number of fused-ring (bicyclic) bond motifs is 1. The summed E-state index contributed by atoms with van der Waals surface area (Å²) < 4.78 is 22.7. The van der Waals surface area contributed by atoms with Crippen LogP contribution in [0.5, 0.6) is 0 Å². The molecule has 0 bridgehead atoms. The van der Waals surface area contributed by atoms with Gasteiger partial charge in [0.05, 0.1) is 4.90 Å². The van der Waals surface area contributed by atoms with Crippen molar-refractivity contribution >= 4 is 30.6 Å². The van der Waals surface area contributed by atoms with Crippen molar-refractivity contribution in [2.75, 3.05) is 0 Å². The number of aryl methyl sites for hydroxylation is 1. The van der Waals surface area contributed by atoms with Crippen molar-refractivity contribution < 1.29 is 8.42 Å². The highest BCUT2D eigenvalue weighted by Crippen LogP contribution is 2.25. The van der Waals surface area contributed by atoms with Crippen LogP contribution in [-0.4, -0.2) is 13.4 Å². The second-order valence-electron chi connectivity index (χ2n) is 3.32. The first-order valence-electron chi connectivity index (χ1n) is 4.57. The van der Waals surface area contributed by atoms with E-state index in [0.29, 0.717) is 6.42 Å². The molecule has 0 aliphatic carbocycles. The minimum Gasteiger partial charge on any atom is -0.361 e. The first kappa shape index (κ1) is 10.5. The van der Waals surface area contributed by atoms with E-state index in [0.717, 1.165) is 16.5 Å². The Morgan fingerprint density at radius 2 is 2.13 bits per heavy atom. The third-order valence-corrected chi connectivity index (χ3v) is 3.78. The van der Waals surface area contributed by atoms with Crippen molar-refractivity contribution in [3.63, 3.8) is 0 Å². The van der Waals surface area contributed by atoms with Crippen LogP contribution in [0.3, 0.4) is 0 Å². The van der Waals surface area contributed by atoms with Crippen molar-refractivity contribution in [1.82, 2.24) is 4.98 Å². The first-order chi connectivity index (χ1) is 7.02. The maximum Gasteiger partial charge on any atom is 0.261 e. The highest BCUT2D eigenvalue weighted by Gasteiger charge is 2.15. The molecule has 0 saturated heterocycles. The fourth-order valence-electron chi connectivity index (χ4n) is 1.63. The topological polar surface area (TPSA) is 49.9 Å². The summed E-state index contributed by atoms with van der Waals surface area (Å²) in [6.45, 7) is 1.90. The Morgan fingerprint density at radius 3 is 2.73 bits per heavy atom. The van der Waals surface area contributed by atoms with E-state index >= 15 is 0 Å². The van der Waals surface area contributed by atoms with E-state index in [1.165, 1.54) is 0 Å². The zero-order chi connectivity index (χ0) is 11.1. The third-order valence-electron chi connectivity index (χ3n) is 2.38. The van der Waals surface area contributed by atoms with Crippen LogP contribution in [0.25, 0.3) is 10.9 Å². The maximum atomic E-state index is 11.3. The Kier molecular flexibility index (Phi) is 2.48. The molecule has 0 radical (unpaired) electrons. The normalized spacial score (nSPS) is 12.1. The lowest BCUT2D eigenvalue weighted by Crippen LogP contribution is -1.96. The quantitative estimate of drug-likeness (QED) is 0.825. The van der Waals surface area contributed by atoms with Crippen molar-refractivity contribution in [1.29, 1.82) is 0 Å². The average Bonchev–Trinajstić information content (AvgIpc) is 2.60. The lowest BCUT2D eigenvalue weighted by molar-refractivity contribution is 0.608. The summed E-state index contributed by atoms with van der Waals surface area (Å²) in [6, 6.07) is 5.25. The molecule has 5 heteroatoms. The van der Waals surface area contributed by atoms with Gasteiger partial charge in [-0.3, -0.25) is 0 Å². The molecule has 0 amide bonds. The molecule has 0 saturated carbocycles. The van der Waals surface area contributed by atoms with E-state index in [9.17, 15) is 8.42 Å².